The van der Waals surface area contributed by atoms with Crippen molar-refractivity contribution in [3.8, 4) is 0 Å². The molecule has 1 unspecified atom stereocenters. The molecule has 19 heavy (non-hydrogen) atoms. The molecule has 2 aromatic rings. The summed E-state index contributed by atoms with van der Waals surface area (Å²) in [7, 11) is 0. The number of aliphatic hydroxyl groups is 1. The Morgan fingerprint density at radius 1 is 0.895 bits per heavy atom. The highest BCUT2D eigenvalue weighted by atomic mass is 32.2. The third-order valence-corrected chi connectivity index (χ3v) is 3.45. The van der Waals surface area contributed by atoms with E-state index in [4.69, 9.17) is 4.55 Å². The first-order valence-electron chi connectivity index (χ1n) is 5.55. The lowest BCUT2D eigenvalue weighted by Gasteiger charge is -2.25. The molecule has 0 aromatic heterocycles. The van der Waals surface area contributed by atoms with Gasteiger partial charge in [-0.15, -0.1) is 0 Å². The lowest BCUT2D eigenvalue weighted by Crippen LogP contribution is -2.39. The number of carbonyl (C=O) groups is 1. The average Bonchev–Trinajstić information content (AvgIpc) is 2.47. The third-order valence-electron chi connectivity index (χ3n) is 2.84. The molecule has 0 amide bonds. The maximum absolute atomic E-state index is 12.0. The fourth-order valence-electron chi connectivity index (χ4n) is 1.89. The highest BCUT2D eigenvalue weighted by Crippen LogP contribution is 2.31. The molecule has 0 heterocycles. The van der Waals surface area contributed by atoms with Crippen LogP contribution in [0.5, 0.6) is 0 Å². The lowest BCUT2D eigenvalue weighted by atomic mass is 9.87. The van der Waals surface area contributed by atoms with Gasteiger partial charge in [-0.25, -0.2) is 4.21 Å². The van der Waals surface area contributed by atoms with Crippen molar-refractivity contribution >= 4 is 16.2 Å². The second-order valence-corrected chi connectivity index (χ2v) is 4.85. The largest absolute Gasteiger partial charge is 0.372 e. The third kappa shape index (κ3) is 2.49. The fourth-order valence-corrected chi connectivity index (χ4v) is 2.38. The fraction of sp³-hybridized carbons (Fsp3) is 0.0714. The second-order valence-electron chi connectivity index (χ2n) is 3.98. The first-order valence-corrected chi connectivity index (χ1v) is 6.66. The van der Waals surface area contributed by atoms with Gasteiger partial charge >= 0.3 is 0 Å². The van der Waals surface area contributed by atoms with E-state index in [1.807, 2.05) is 0 Å². The van der Waals surface area contributed by atoms with Gasteiger partial charge in [0.05, 0.1) is 0 Å². The molecule has 0 bridgehead atoms. The van der Waals surface area contributed by atoms with Gasteiger partial charge in [0.15, 0.2) is 5.60 Å². The monoisotopic (exact) mass is 276 g/mol. The Balaban J connectivity index is 2.64. The predicted molar refractivity (Wildman–Crippen MR) is 71.7 cm³/mol. The van der Waals surface area contributed by atoms with E-state index in [0.717, 1.165) is 0 Å². The van der Waals surface area contributed by atoms with Crippen molar-refractivity contribution in [2.75, 3.05) is 0 Å². The van der Waals surface area contributed by atoms with Crippen molar-refractivity contribution in [2.45, 2.75) is 5.60 Å². The van der Waals surface area contributed by atoms with Crippen LogP contribution in [-0.2, 0) is 21.5 Å². The molecule has 0 saturated carbocycles. The van der Waals surface area contributed by atoms with Gasteiger partial charge in [-0.1, -0.05) is 60.7 Å². The van der Waals surface area contributed by atoms with Gasteiger partial charge in [0, 0.05) is 0 Å². The number of hydrogen-bond acceptors (Lipinski definition) is 3. The van der Waals surface area contributed by atoms with Gasteiger partial charge in [-0.05, 0) is 11.1 Å². The molecule has 0 radical (unpaired) electrons. The molecular formula is C14H12O4S. The Labute approximate surface area is 113 Å². The van der Waals surface area contributed by atoms with Gasteiger partial charge in [0.2, 0.25) is 11.1 Å². The van der Waals surface area contributed by atoms with Crippen LogP contribution in [0.15, 0.2) is 60.7 Å². The molecule has 2 aromatic carbocycles. The molecule has 5 heteroatoms. The highest BCUT2D eigenvalue weighted by Gasteiger charge is 2.42. The highest BCUT2D eigenvalue weighted by molar-refractivity contribution is 7.95. The molecule has 1 atom stereocenters. The maximum atomic E-state index is 12.0. The van der Waals surface area contributed by atoms with Crippen LogP contribution in [0.2, 0.25) is 0 Å². The summed E-state index contributed by atoms with van der Waals surface area (Å²) in [6, 6.07) is 16.2. The summed E-state index contributed by atoms with van der Waals surface area (Å²) >= 11 is -2.77. The molecule has 0 saturated heterocycles. The van der Waals surface area contributed by atoms with E-state index >= 15 is 0 Å². The van der Waals surface area contributed by atoms with E-state index in [1.165, 1.54) is 24.3 Å². The zero-order valence-corrected chi connectivity index (χ0v) is 10.7. The van der Waals surface area contributed by atoms with Crippen LogP contribution in [0.3, 0.4) is 0 Å². The summed E-state index contributed by atoms with van der Waals surface area (Å²) in [4.78, 5) is 12.0. The first kappa shape index (κ1) is 13.6. The molecule has 0 aliphatic rings. The van der Waals surface area contributed by atoms with Crippen molar-refractivity contribution in [3.63, 3.8) is 0 Å². The summed E-state index contributed by atoms with van der Waals surface area (Å²) in [6.07, 6.45) is 0. The zero-order chi connectivity index (χ0) is 13.9. The number of rotatable bonds is 3. The van der Waals surface area contributed by atoms with E-state index in [0.29, 0.717) is 0 Å². The number of carbonyl (C=O) groups excluding carboxylic acids is 1. The Kier molecular flexibility index (Phi) is 3.90. The van der Waals surface area contributed by atoms with Crippen LogP contribution in [0.1, 0.15) is 11.1 Å². The molecule has 2 N–H and O–H groups in total. The first-order chi connectivity index (χ1) is 9.06. The predicted octanol–water partition coefficient (Wildman–Crippen LogP) is 1.67. The molecule has 2 rings (SSSR count). The molecule has 0 fully saturated rings. The Morgan fingerprint density at radius 2 is 1.26 bits per heavy atom. The van der Waals surface area contributed by atoms with Gasteiger partial charge < -0.3 is 5.11 Å². The minimum absolute atomic E-state index is 0.258. The number of hydrogen-bond donors (Lipinski definition) is 2. The summed E-state index contributed by atoms with van der Waals surface area (Å²) in [5, 5.41) is 9.53. The molecule has 98 valence electrons. The quantitative estimate of drug-likeness (QED) is 0.836. The van der Waals surface area contributed by atoms with Crippen LogP contribution in [0.4, 0.5) is 0 Å². The van der Waals surface area contributed by atoms with Crippen LogP contribution in [-0.4, -0.2) is 19.0 Å². The minimum Gasteiger partial charge on any atom is -0.372 e. The van der Waals surface area contributed by atoms with Gasteiger partial charge in [-0.3, -0.25) is 9.35 Å². The van der Waals surface area contributed by atoms with Crippen molar-refractivity contribution < 1.29 is 18.7 Å². The normalized spacial score (nSPS) is 12.9. The molecule has 0 aliphatic carbocycles. The van der Waals surface area contributed by atoms with Gasteiger partial charge in [-0.2, -0.15) is 0 Å². The summed E-state index contributed by atoms with van der Waals surface area (Å²) in [5.41, 5.74) is -1.61. The maximum Gasteiger partial charge on any atom is 0.286 e. The SMILES string of the molecule is O=C(S(=O)O)C(O)(c1ccccc1)c1ccccc1. The second kappa shape index (κ2) is 5.44. The number of benzene rings is 2. The Morgan fingerprint density at radius 3 is 1.58 bits per heavy atom. The Hall–Kier alpha value is -1.82. The van der Waals surface area contributed by atoms with Gasteiger partial charge in [0.25, 0.3) is 5.12 Å². The smallest absolute Gasteiger partial charge is 0.286 e. The average molecular weight is 276 g/mol. The lowest BCUT2D eigenvalue weighted by molar-refractivity contribution is -0.125. The Bertz CT molecular complexity index is 556. The van der Waals surface area contributed by atoms with E-state index in [2.05, 4.69) is 0 Å². The standard InChI is InChI=1S/C14H12O4S/c15-13(19(17)18)14(16,11-7-3-1-4-8-11)12-9-5-2-6-10-12/h1-10,16H,(H,17,18). The van der Waals surface area contributed by atoms with Crippen molar-refractivity contribution in [2.24, 2.45) is 0 Å². The van der Waals surface area contributed by atoms with E-state index in [-0.39, 0.29) is 11.1 Å². The van der Waals surface area contributed by atoms with Gasteiger partial charge in [0.1, 0.15) is 0 Å². The van der Waals surface area contributed by atoms with Crippen molar-refractivity contribution in [1.82, 2.24) is 0 Å². The van der Waals surface area contributed by atoms with Crippen LogP contribution in [0, 0.1) is 0 Å². The molecular weight excluding hydrogens is 264 g/mol. The van der Waals surface area contributed by atoms with Crippen LogP contribution in [0.25, 0.3) is 0 Å². The topological polar surface area (TPSA) is 74.6 Å². The minimum atomic E-state index is -2.77. The molecule has 4 nitrogen and oxygen atoms in total. The van der Waals surface area contributed by atoms with Crippen molar-refractivity contribution in [3.05, 3.63) is 71.8 Å². The van der Waals surface area contributed by atoms with Crippen LogP contribution >= 0.6 is 0 Å². The summed E-state index contributed by atoms with van der Waals surface area (Å²) in [5.74, 6) is 0. The molecule has 0 aliphatic heterocycles. The van der Waals surface area contributed by atoms with E-state index < -0.39 is 21.8 Å². The zero-order valence-electron chi connectivity index (χ0n) is 9.89. The van der Waals surface area contributed by atoms with E-state index in [1.54, 1.807) is 36.4 Å². The van der Waals surface area contributed by atoms with Crippen LogP contribution < -0.4 is 0 Å². The van der Waals surface area contributed by atoms with E-state index in [9.17, 15) is 14.1 Å². The summed E-state index contributed by atoms with van der Waals surface area (Å²) < 4.78 is 20.1. The molecule has 0 spiro atoms. The van der Waals surface area contributed by atoms with Crippen molar-refractivity contribution in [1.29, 1.82) is 0 Å². The summed E-state index contributed by atoms with van der Waals surface area (Å²) in [6.45, 7) is 0.